The van der Waals surface area contributed by atoms with Crippen molar-refractivity contribution in [1.82, 2.24) is 0 Å². The van der Waals surface area contributed by atoms with Crippen molar-refractivity contribution >= 4 is 17.9 Å². The zero-order valence-corrected chi connectivity index (χ0v) is 21.6. The summed E-state index contributed by atoms with van der Waals surface area (Å²) in [6, 6.07) is 4.48. The molecule has 1 saturated carbocycles. The number of hydrogen-bond donors (Lipinski definition) is 10. The number of carbonyl (C=O) groups is 3. The molecule has 1 fully saturated rings. The number of aliphatic hydroxyl groups excluding tert-OH is 1. The van der Waals surface area contributed by atoms with Gasteiger partial charge < -0.3 is 65.3 Å². The maximum atomic E-state index is 13.0. The molecular formula is C27H24O16. The van der Waals surface area contributed by atoms with E-state index in [-0.39, 0.29) is 0 Å². The van der Waals surface area contributed by atoms with Crippen molar-refractivity contribution in [1.29, 1.82) is 0 Å². The molecule has 0 heterocycles. The van der Waals surface area contributed by atoms with E-state index in [0.717, 1.165) is 36.4 Å². The zero-order chi connectivity index (χ0) is 31.7. The Kier molecular flexibility index (Phi) is 8.15. The highest BCUT2D eigenvalue weighted by atomic mass is 16.6. The van der Waals surface area contributed by atoms with Gasteiger partial charge in [0.1, 0.15) is 12.2 Å². The number of aromatic hydroxyl groups is 9. The molecule has 2 unspecified atom stereocenters. The van der Waals surface area contributed by atoms with E-state index in [0.29, 0.717) is 0 Å². The average Bonchev–Trinajstić information content (AvgIpc) is 2.93. The minimum Gasteiger partial charge on any atom is -0.504 e. The smallest absolute Gasteiger partial charge is 0.338 e. The molecule has 1 aliphatic rings. The van der Waals surface area contributed by atoms with Crippen LogP contribution in [0.3, 0.4) is 0 Å². The van der Waals surface area contributed by atoms with E-state index in [2.05, 4.69) is 0 Å². The van der Waals surface area contributed by atoms with Crippen LogP contribution in [0, 0.1) is 0 Å². The second-order valence-corrected chi connectivity index (χ2v) is 9.47. The van der Waals surface area contributed by atoms with Gasteiger partial charge in [-0.15, -0.1) is 0 Å². The number of carbonyl (C=O) groups excluding carboxylic acids is 3. The monoisotopic (exact) mass is 604 g/mol. The van der Waals surface area contributed by atoms with Crippen molar-refractivity contribution < 1.29 is 79.7 Å². The minimum atomic E-state index is -1.71. The van der Waals surface area contributed by atoms with Gasteiger partial charge in [-0.3, -0.25) is 0 Å². The molecule has 0 amide bonds. The first-order valence-electron chi connectivity index (χ1n) is 12.2. The average molecular weight is 604 g/mol. The van der Waals surface area contributed by atoms with Crippen LogP contribution in [0.25, 0.3) is 0 Å². The molecule has 10 N–H and O–H groups in total. The summed E-state index contributed by atoms with van der Waals surface area (Å²) in [5, 5.41) is 97.7. The highest BCUT2D eigenvalue weighted by molar-refractivity contribution is 5.93. The Hall–Kier alpha value is -5.77. The van der Waals surface area contributed by atoms with Gasteiger partial charge in [0.2, 0.25) is 0 Å². The van der Waals surface area contributed by atoms with Crippen LogP contribution in [0.15, 0.2) is 36.4 Å². The summed E-state index contributed by atoms with van der Waals surface area (Å²) in [4.78, 5) is 38.8. The molecule has 4 rings (SSSR count). The van der Waals surface area contributed by atoms with E-state index in [1.54, 1.807) is 0 Å². The standard InChI is InChI=1S/C27H24O16/c28-12-7-19(41-25(38)9-1-13(29)21(35)14(30)2-9)24(43-27(40)11-5-17(33)23(37)18(34)6-11)20(8-12)42-26(39)10-3-15(31)22(36)16(32)4-10/h1-6,12,19-20,24,28-37H,7-8H2. The molecule has 3 aromatic rings. The van der Waals surface area contributed by atoms with E-state index in [1.165, 1.54) is 0 Å². The molecule has 0 spiro atoms. The third-order valence-electron chi connectivity index (χ3n) is 6.42. The first kappa shape index (κ1) is 30.2. The van der Waals surface area contributed by atoms with E-state index < -0.39 is 124 Å². The molecule has 16 nitrogen and oxygen atoms in total. The summed E-state index contributed by atoms with van der Waals surface area (Å²) in [5.74, 6) is -11.8. The maximum absolute atomic E-state index is 13.0. The second-order valence-electron chi connectivity index (χ2n) is 9.47. The highest BCUT2D eigenvalue weighted by Crippen LogP contribution is 2.39. The summed E-state index contributed by atoms with van der Waals surface area (Å²) in [6.07, 6.45) is -7.02. The van der Waals surface area contributed by atoms with Crippen LogP contribution in [-0.2, 0) is 14.2 Å². The molecule has 0 aliphatic heterocycles. The number of aliphatic hydroxyl groups is 1. The van der Waals surface area contributed by atoms with Crippen LogP contribution in [-0.4, -0.2) is 93.4 Å². The molecule has 3 aromatic carbocycles. The quantitative estimate of drug-likeness (QED) is 0.107. The molecular weight excluding hydrogens is 580 g/mol. The fourth-order valence-electron chi connectivity index (χ4n) is 4.29. The third-order valence-corrected chi connectivity index (χ3v) is 6.42. The fourth-order valence-corrected chi connectivity index (χ4v) is 4.29. The van der Waals surface area contributed by atoms with Crippen LogP contribution in [0.1, 0.15) is 43.9 Å². The Morgan fingerprint density at radius 3 is 1.02 bits per heavy atom. The van der Waals surface area contributed by atoms with Gasteiger partial charge in [-0.25, -0.2) is 14.4 Å². The normalized spacial score (nSPS) is 19.7. The van der Waals surface area contributed by atoms with Crippen LogP contribution >= 0.6 is 0 Å². The summed E-state index contributed by atoms with van der Waals surface area (Å²) in [7, 11) is 0. The Labute approximate surface area is 240 Å². The van der Waals surface area contributed by atoms with Crippen molar-refractivity contribution in [3.8, 4) is 51.7 Å². The topological polar surface area (TPSA) is 281 Å². The van der Waals surface area contributed by atoms with Gasteiger partial charge >= 0.3 is 17.9 Å². The zero-order valence-electron chi connectivity index (χ0n) is 21.6. The van der Waals surface area contributed by atoms with Crippen LogP contribution in [0.4, 0.5) is 0 Å². The van der Waals surface area contributed by atoms with Gasteiger partial charge in [-0.2, -0.15) is 0 Å². The first-order chi connectivity index (χ1) is 20.2. The summed E-state index contributed by atoms with van der Waals surface area (Å²) in [6.45, 7) is 0. The number of phenols is 9. The third kappa shape index (κ3) is 6.28. The molecule has 0 aromatic heterocycles. The predicted octanol–water partition coefficient (Wildman–Crippen LogP) is 1.17. The van der Waals surface area contributed by atoms with Gasteiger partial charge in [0.05, 0.1) is 22.8 Å². The maximum Gasteiger partial charge on any atom is 0.338 e. The molecule has 0 bridgehead atoms. The Morgan fingerprint density at radius 2 is 0.744 bits per heavy atom. The van der Waals surface area contributed by atoms with E-state index in [1.807, 2.05) is 0 Å². The van der Waals surface area contributed by atoms with Crippen molar-refractivity contribution in [2.24, 2.45) is 0 Å². The van der Waals surface area contributed by atoms with Gasteiger partial charge in [0.25, 0.3) is 0 Å². The first-order valence-corrected chi connectivity index (χ1v) is 12.2. The molecule has 228 valence electrons. The lowest BCUT2D eigenvalue weighted by molar-refractivity contribution is -0.130. The molecule has 1 aliphatic carbocycles. The SMILES string of the molecule is O=C(OC1CC(O)CC(OC(=O)c2cc(O)c(O)c(O)c2)C1OC(=O)c1cc(O)c(O)c(O)c1)c1cc(O)c(O)c(O)c1. The molecule has 0 radical (unpaired) electrons. The van der Waals surface area contributed by atoms with Crippen molar-refractivity contribution in [2.75, 3.05) is 0 Å². The lowest BCUT2D eigenvalue weighted by Crippen LogP contribution is -2.52. The largest absolute Gasteiger partial charge is 0.504 e. The molecule has 43 heavy (non-hydrogen) atoms. The van der Waals surface area contributed by atoms with Crippen LogP contribution < -0.4 is 0 Å². The number of benzene rings is 3. The Balaban J connectivity index is 1.67. The number of hydrogen-bond acceptors (Lipinski definition) is 16. The molecule has 2 atom stereocenters. The second kappa shape index (κ2) is 11.6. The summed E-state index contributed by atoms with van der Waals surface area (Å²) >= 11 is 0. The summed E-state index contributed by atoms with van der Waals surface area (Å²) < 4.78 is 16.1. The Morgan fingerprint density at radius 1 is 0.488 bits per heavy atom. The van der Waals surface area contributed by atoms with Crippen LogP contribution in [0.5, 0.6) is 51.7 Å². The minimum absolute atomic E-state index is 0.402. The van der Waals surface area contributed by atoms with Crippen molar-refractivity contribution in [3.05, 3.63) is 53.1 Å². The lowest BCUT2D eigenvalue weighted by atomic mass is 9.89. The fraction of sp³-hybridized carbons (Fsp3) is 0.222. The number of ether oxygens (including phenoxy) is 3. The van der Waals surface area contributed by atoms with Gasteiger partial charge in [0.15, 0.2) is 57.8 Å². The van der Waals surface area contributed by atoms with Crippen molar-refractivity contribution in [2.45, 2.75) is 37.3 Å². The van der Waals surface area contributed by atoms with Gasteiger partial charge in [-0.1, -0.05) is 0 Å². The van der Waals surface area contributed by atoms with E-state index in [4.69, 9.17) is 14.2 Å². The van der Waals surface area contributed by atoms with Gasteiger partial charge in [-0.05, 0) is 36.4 Å². The van der Waals surface area contributed by atoms with Crippen LogP contribution in [0.2, 0.25) is 0 Å². The van der Waals surface area contributed by atoms with Gasteiger partial charge in [0, 0.05) is 12.8 Å². The number of phenolic OH excluding ortho intramolecular Hbond substituents is 9. The van der Waals surface area contributed by atoms with E-state index in [9.17, 15) is 65.4 Å². The predicted molar refractivity (Wildman–Crippen MR) is 137 cm³/mol. The molecule has 16 heteroatoms. The lowest BCUT2D eigenvalue weighted by Gasteiger charge is -2.38. The number of esters is 3. The molecule has 0 saturated heterocycles. The summed E-state index contributed by atoms with van der Waals surface area (Å²) in [5.41, 5.74) is -1.46. The van der Waals surface area contributed by atoms with E-state index >= 15 is 0 Å². The number of rotatable bonds is 6. The highest BCUT2D eigenvalue weighted by Gasteiger charge is 2.45. The van der Waals surface area contributed by atoms with Crippen molar-refractivity contribution in [3.63, 3.8) is 0 Å². The Bertz CT molecular complexity index is 1450.